The van der Waals surface area contributed by atoms with Gasteiger partial charge in [-0.1, -0.05) is 0 Å². The van der Waals surface area contributed by atoms with Crippen LogP contribution in [0.2, 0.25) is 0 Å². The van der Waals surface area contributed by atoms with E-state index in [9.17, 15) is 19.2 Å². The molecule has 0 aliphatic rings. The first-order valence-electron chi connectivity index (χ1n) is 6.40. The topological polar surface area (TPSA) is 136 Å². The van der Waals surface area contributed by atoms with Gasteiger partial charge in [0.05, 0.1) is 0 Å². The van der Waals surface area contributed by atoms with Crippen LogP contribution in [0.25, 0.3) is 0 Å². The highest BCUT2D eigenvalue weighted by Gasteiger charge is 2.20. The summed E-state index contributed by atoms with van der Waals surface area (Å²) in [7, 11) is 0. The van der Waals surface area contributed by atoms with Gasteiger partial charge in [-0.25, -0.2) is 0 Å². The zero-order valence-corrected chi connectivity index (χ0v) is 11.9. The Balaban J connectivity index is 2.71. The fraction of sp³-hybridized carbons (Fsp3) is 0.286. The number of nitrogens with two attached hydrogens (primary N) is 1. The Morgan fingerprint density at radius 1 is 1.23 bits per heavy atom. The molecule has 1 rings (SSSR count). The normalized spacial score (nSPS) is 11.3. The number of carbonyl (C=O) groups is 4. The summed E-state index contributed by atoms with van der Waals surface area (Å²) in [6.07, 6.45) is -0.388. The van der Waals surface area contributed by atoms with Gasteiger partial charge in [-0.2, -0.15) is 0 Å². The van der Waals surface area contributed by atoms with Gasteiger partial charge in [0.1, 0.15) is 11.8 Å². The highest BCUT2D eigenvalue weighted by Crippen LogP contribution is 2.12. The quantitative estimate of drug-likeness (QED) is 0.481. The number of rotatable bonds is 7. The Kier molecular flexibility index (Phi) is 6.06. The third-order valence-electron chi connectivity index (χ3n) is 2.67. The molecule has 0 aliphatic heterocycles. The van der Waals surface area contributed by atoms with E-state index in [-0.39, 0.29) is 24.2 Å². The van der Waals surface area contributed by atoms with Gasteiger partial charge >= 0.3 is 11.9 Å². The van der Waals surface area contributed by atoms with Gasteiger partial charge in [0, 0.05) is 18.9 Å². The Bertz CT molecular complexity index is 582. The van der Waals surface area contributed by atoms with E-state index in [1.54, 1.807) is 0 Å². The van der Waals surface area contributed by atoms with Crippen LogP contribution in [-0.4, -0.2) is 34.9 Å². The van der Waals surface area contributed by atoms with Crippen LogP contribution in [-0.2, 0) is 14.4 Å². The summed E-state index contributed by atoms with van der Waals surface area (Å²) >= 11 is 0. The predicted octanol–water partition coefficient (Wildman–Crippen LogP) is 0.0604. The van der Waals surface area contributed by atoms with Crippen molar-refractivity contribution in [1.29, 1.82) is 0 Å². The van der Waals surface area contributed by atoms with E-state index >= 15 is 0 Å². The van der Waals surface area contributed by atoms with E-state index in [1.807, 2.05) is 0 Å². The SMILES string of the molecule is CC(=O)Oc1ccc(C(=O)N[C@H](CCC(=O)O)C(N)=O)cc1. The predicted molar refractivity (Wildman–Crippen MR) is 75.1 cm³/mol. The molecule has 8 nitrogen and oxygen atoms in total. The van der Waals surface area contributed by atoms with Crippen molar-refractivity contribution >= 4 is 23.8 Å². The summed E-state index contributed by atoms with van der Waals surface area (Å²) in [5, 5.41) is 11.0. The van der Waals surface area contributed by atoms with Gasteiger partial charge < -0.3 is 20.9 Å². The summed E-state index contributed by atoms with van der Waals surface area (Å²) in [5.74, 6) is -2.69. The van der Waals surface area contributed by atoms with Crippen molar-refractivity contribution in [3.05, 3.63) is 29.8 Å². The van der Waals surface area contributed by atoms with Crippen LogP contribution in [0.1, 0.15) is 30.1 Å². The van der Waals surface area contributed by atoms with E-state index in [0.717, 1.165) is 0 Å². The molecule has 0 aromatic heterocycles. The molecule has 1 atom stereocenters. The molecule has 4 N–H and O–H groups in total. The summed E-state index contributed by atoms with van der Waals surface area (Å²) in [5.41, 5.74) is 5.34. The molecule has 0 fully saturated rings. The fourth-order valence-electron chi connectivity index (χ4n) is 1.64. The molecule has 0 radical (unpaired) electrons. The highest BCUT2D eigenvalue weighted by atomic mass is 16.5. The molecule has 0 bridgehead atoms. The Morgan fingerprint density at radius 3 is 2.27 bits per heavy atom. The van der Waals surface area contributed by atoms with Crippen LogP contribution < -0.4 is 15.8 Å². The van der Waals surface area contributed by atoms with Crippen LogP contribution in [0, 0.1) is 0 Å². The van der Waals surface area contributed by atoms with Crippen LogP contribution in [0.3, 0.4) is 0 Å². The van der Waals surface area contributed by atoms with Crippen molar-refractivity contribution < 1.29 is 29.0 Å². The number of carboxylic acids is 1. The zero-order chi connectivity index (χ0) is 16.7. The maximum Gasteiger partial charge on any atom is 0.308 e. The minimum absolute atomic E-state index is 0.0953. The van der Waals surface area contributed by atoms with Crippen molar-refractivity contribution in [3.8, 4) is 5.75 Å². The molecule has 0 saturated heterocycles. The lowest BCUT2D eigenvalue weighted by Crippen LogP contribution is -2.44. The van der Waals surface area contributed by atoms with Gasteiger partial charge in [-0.05, 0) is 30.7 Å². The lowest BCUT2D eigenvalue weighted by Gasteiger charge is -2.14. The second-order valence-corrected chi connectivity index (χ2v) is 4.48. The molecule has 0 saturated carbocycles. The summed E-state index contributed by atoms with van der Waals surface area (Å²) in [6.45, 7) is 1.25. The van der Waals surface area contributed by atoms with Crippen molar-refractivity contribution in [1.82, 2.24) is 5.32 Å². The number of benzene rings is 1. The third kappa shape index (κ3) is 5.61. The number of esters is 1. The van der Waals surface area contributed by atoms with Crippen molar-refractivity contribution in [2.24, 2.45) is 5.73 Å². The first-order chi connectivity index (χ1) is 10.3. The second-order valence-electron chi connectivity index (χ2n) is 4.48. The number of carbonyl (C=O) groups excluding carboxylic acids is 3. The molecule has 22 heavy (non-hydrogen) atoms. The average molecular weight is 308 g/mol. The number of primary amides is 1. The van der Waals surface area contributed by atoms with E-state index in [0.29, 0.717) is 0 Å². The van der Waals surface area contributed by atoms with Gasteiger partial charge in [0.25, 0.3) is 5.91 Å². The third-order valence-corrected chi connectivity index (χ3v) is 2.67. The highest BCUT2D eigenvalue weighted by molar-refractivity contribution is 5.97. The molecule has 1 aromatic carbocycles. The summed E-state index contributed by atoms with van der Waals surface area (Å²) in [6, 6.07) is 4.59. The summed E-state index contributed by atoms with van der Waals surface area (Å²) < 4.78 is 4.82. The van der Waals surface area contributed by atoms with E-state index < -0.39 is 29.8 Å². The van der Waals surface area contributed by atoms with Crippen molar-refractivity contribution in [2.45, 2.75) is 25.8 Å². The maximum absolute atomic E-state index is 12.0. The Labute approximate surface area is 126 Å². The first-order valence-corrected chi connectivity index (χ1v) is 6.40. The molecule has 0 aliphatic carbocycles. The average Bonchev–Trinajstić information content (AvgIpc) is 2.42. The van der Waals surface area contributed by atoms with Crippen LogP contribution in [0.5, 0.6) is 5.75 Å². The van der Waals surface area contributed by atoms with Crippen LogP contribution in [0.4, 0.5) is 0 Å². The van der Waals surface area contributed by atoms with Gasteiger partial charge in [0.2, 0.25) is 5.91 Å². The number of amides is 2. The molecule has 1 aromatic rings. The van der Waals surface area contributed by atoms with E-state index in [1.165, 1.54) is 31.2 Å². The minimum atomic E-state index is -1.09. The lowest BCUT2D eigenvalue weighted by atomic mass is 10.1. The number of aliphatic carboxylic acids is 1. The molecule has 0 unspecified atom stereocenters. The number of hydrogen-bond donors (Lipinski definition) is 3. The molecular formula is C14H16N2O6. The molecule has 8 heteroatoms. The molecule has 118 valence electrons. The first kappa shape index (κ1) is 17.2. The van der Waals surface area contributed by atoms with E-state index in [2.05, 4.69) is 5.32 Å². The molecule has 2 amide bonds. The second kappa shape index (κ2) is 7.77. The number of nitrogens with one attached hydrogen (secondary N) is 1. The molecule has 0 spiro atoms. The number of carboxylic acid groups (broad SMARTS) is 1. The van der Waals surface area contributed by atoms with Gasteiger partial charge in [-0.15, -0.1) is 0 Å². The lowest BCUT2D eigenvalue weighted by molar-refractivity contribution is -0.137. The maximum atomic E-state index is 12.0. The van der Waals surface area contributed by atoms with Gasteiger partial charge in [0.15, 0.2) is 0 Å². The molecule has 0 heterocycles. The van der Waals surface area contributed by atoms with Gasteiger partial charge in [-0.3, -0.25) is 19.2 Å². The standard InChI is InChI=1S/C14H16N2O6/c1-8(17)22-10-4-2-9(3-5-10)14(21)16-11(13(15)20)6-7-12(18)19/h2-5,11H,6-7H2,1H3,(H2,15,20)(H,16,21)(H,18,19)/t11-/m1/s1. The van der Waals surface area contributed by atoms with Crippen molar-refractivity contribution in [2.75, 3.05) is 0 Å². The summed E-state index contributed by atoms with van der Waals surface area (Å²) in [4.78, 5) is 44.5. The molecular weight excluding hydrogens is 292 g/mol. The van der Waals surface area contributed by atoms with Crippen molar-refractivity contribution in [3.63, 3.8) is 0 Å². The number of ether oxygens (including phenoxy) is 1. The number of hydrogen-bond acceptors (Lipinski definition) is 5. The largest absolute Gasteiger partial charge is 0.481 e. The Hall–Kier alpha value is -2.90. The fourth-order valence-corrected chi connectivity index (χ4v) is 1.64. The Morgan fingerprint density at radius 2 is 1.82 bits per heavy atom. The van der Waals surface area contributed by atoms with E-state index in [4.69, 9.17) is 15.6 Å². The minimum Gasteiger partial charge on any atom is -0.481 e. The van der Waals surface area contributed by atoms with Crippen LogP contribution in [0.15, 0.2) is 24.3 Å². The smallest absolute Gasteiger partial charge is 0.308 e. The van der Waals surface area contributed by atoms with Crippen LogP contribution >= 0.6 is 0 Å². The zero-order valence-electron chi connectivity index (χ0n) is 11.9. The monoisotopic (exact) mass is 308 g/mol.